The fraction of sp³-hybridized carbons (Fsp3) is 0.611. The van der Waals surface area contributed by atoms with Crippen molar-refractivity contribution >= 4 is 51.6 Å². The van der Waals surface area contributed by atoms with E-state index in [0.29, 0.717) is 6.04 Å². The van der Waals surface area contributed by atoms with E-state index in [1.54, 1.807) is 0 Å². The van der Waals surface area contributed by atoms with E-state index < -0.39 is 0 Å². The number of unbranched alkanes of at least 4 members (excludes halogenated alkanes) is 1. The maximum Gasteiger partial charge on any atom is 0.191 e. The second-order valence-corrected chi connectivity index (χ2v) is 6.87. The van der Waals surface area contributed by atoms with Crippen molar-refractivity contribution in [3.05, 3.63) is 28.7 Å². The van der Waals surface area contributed by atoms with Gasteiger partial charge in [0.05, 0.1) is 0 Å². The van der Waals surface area contributed by atoms with Crippen LogP contribution < -0.4 is 15.5 Å². The summed E-state index contributed by atoms with van der Waals surface area (Å²) in [4.78, 5) is 6.75. The molecule has 25 heavy (non-hydrogen) atoms. The number of anilines is 1. The fourth-order valence-electron chi connectivity index (χ4n) is 2.83. The molecule has 1 aromatic rings. The molecule has 1 atom stereocenters. The Morgan fingerprint density at radius 3 is 2.76 bits per heavy atom. The Morgan fingerprint density at radius 2 is 2.08 bits per heavy atom. The quantitative estimate of drug-likeness (QED) is 0.236. The van der Waals surface area contributed by atoms with Gasteiger partial charge in [-0.1, -0.05) is 15.9 Å². The molecule has 0 spiro atoms. The molecule has 0 saturated carbocycles. The molecule has 2 N–H and O–H groups in total. The van der Waals surface area contributed by atoms with Gasteiger partial charge in [-0.15, -0.1) is 24.0 Å². The van der Waals surface area contributed by atoms with Crippen molar-refractivity contribution in [2.75, 3.05) is 44.8 Å². The highest BCUT2D eigenvalue weighted by Gasteiger charge is 2.23. The summed E-state index contributed by atoms with van der Waals surface area (Å²) in [6.45, 7) is 6.68. The number of benzene rings is 1. The minimum absolute atomic E-state index is 0. The topological polar surface area (TPSA) is 48.9 Å². The Bertz CT molecular complexity index is 512. The molecule has 1 aromatic carbocycles. The largest absolute Gasteiger partial charge is 0.382 e. The average molecular weight is 525 g/mol. The minimum Gasteiger partial charge on any atom is -0.382 e. The number of hydrogen-bond acceptors (Lipinski definition) is 3. The molecule has 1 unspecified atom stereocenters. The lowest BCUT2D eigenvalue weighted by atomic mass is 10.2. The highest BCUT2D eigenvalue weighted by atomic mass is 127. The molecule has 1 aliphatic rings. The summed E-state index contributed by atoms with van der Waals surface area (Å²) < 4.78 is 6.47. The van der Waals surface area contributed by atoms with Crippen LogP contribution in [0.2, 0.25) is 0 Å². The van der Waals surface area contributed by atoms with Crippen molar-refractivity contribution in [1.82, 2.24) is 10.6 Å². The Kier molecular flexibility index (Phi) is 11.5. The Balaban J connectivity index is 0.00000312. The van der Waals surface area contributed by atoms with E-state index in [0.717, 1.165) is 62.5 Å². The second kappa shape index (κ2) is 12.8. The Labute approximate surface area is 177 Å². The van der Waals surface area contributed by atoms with Crippen LogP contribution in [0.5, 0.6) is 0 Å². The molecule has 0 radical (unpaired) electrons. The number of guanidine groups is 1. The molecule has 1 aliphatic heterocycles. The van der Waals surface area contributed by atoms with E-state index >= 15 is 0 Å². The predicted octanol–water partition coefficient (Wildman–Crippen LogP) is 3.63. The first-order chi connectivity index (χ1) is 11.7. The summed E-state index contributed by atoms with van der Waals surface area (Å²) in [6.07, 6.45) is 3.30. The van der Waals surface area contributed by atoms with Crippen molar-refractivity contribution in [3.63, 3.8) is 0 Å². The maximum atomic E-state index is 5.35. The third-order valence-corrected chi connectivity index (χ3v) is 4.69. The first-order valence-corrected chi connectivity index (χ1v) is 9.57. The van der Waals surface area contributed by atoms with Crippen molar-refractivity contribution in [3.8, 4) is 0 Å². The molecule has 0 aromatic heterocycles. The van der Waals surface area contributed by atoms with E-state index in [4.69, 9.17) is 4.74 Å². The zero-order valence-electron chi connectivity index (χ0n) is 15.1. The van der Waals surface area contributed by atoms with Gasteiger partial charge in [0.2, 0.25) is 0 Å². The standard InChI is InChI=1S/C18H29BrN4O.HI/c1-3-24-13-5-4-11-21-18(20-2)22-16-10-12-23(14-16)17-8-6-15(19)7-9-17;/h6-9,16H,3-5,10-14H2,1-2H3,(H2,20,21,22);1H. The van der Waals surface area contributed by atoms with E-state index in [-0.39, 0.29) is 24.0 Å². The lowest BCUT2D eigenvalue weighted by Gasteiger charge is -2.20. The monoisotopic (exact) mass is 524 g/mol. The van der Waals surface area contributed by atoms with E-state index in [2.05, 4.69) is 60.7 Å². The van der Waals surface area contributed by atoms with Gasteiger partial charge >= 0.3 is 0 Å². The van der Waals surface area contributed by atoms with Crippen LogP contribution in [0.1, 0.15) is 26.2 Å². The van der Waals surface area contributed by atoms with Crippen LogP contribution in [-0.2, 0) is 4.74 Å². The van der Waals surface area contributed by atoms with Gasteiger partial charge in [-0.2, -0.15) is 0 Å². The molecule has 1 heterocycles. The summed E-state index contributed by atoms with van der Waals surface area (Å²) in [5, 5.41) is 6.93. The SMILES string of the molecule is CCOCCCCNC(=NC)NC1CCN(c2ccc(Br)cc2)C1.I. The summed E-state index contributed by atoms with van der Waals surface area (Å²) in [5.41, 5.74) is 1.28. The molecule has 0 bridgehead atoms. The molecule has 0 aliphatic carbocycles. The zero-order valence-corrected chi connectivity index (χ0v) is 19.0. The van der Waals surface area contributed by atoms with Crippen molar-refractivity contribution in [2.24, 2.45) is 4.99 Å². The number of nitrogens with zero attached hydrogens (tertiary/aromatic N) is 2. The lowest BCUT2D eigenvalue weighted by Crippen LogP contribution is -2.44. The van der Waals surface area contributed by atoms with Crippen LogP contribution in [0, 0.1) is 0 Å². The molecule has 1 fully saturated rings. The lowest BCUT2D eigenvalue weighted by molar-refractivity contribution is 0.143. The number of nitrogens with one attached hydrogen (secondary N) is 2. The fourth-order valence-corrected chi connectivity index (χ4v) is 3.10. The normalized spacial score (nSPS) is 17.3. The molecule has 0 amide bonds. The van der Waals surface area contributed by atoms with Crippen molar-refractivity contribution in [2.45, 2.75) is 32.2 Å². The van der Waals surface area contributed by atoms with Crippen LogP contribution in [0.25, 0.3) is 0 Å². The number of aliphatic imine (C=N–C) groups is 1. The first-order valence-electron chi connectivity index (χ1n) is 8.78. The Hall–Kier alpha value is -0.540. The van der Waals surface area contributed by atoms with Gasteiger partial charge in [0.15, 0.2) is 5.96 Å². The van der Waals surface area contributed by atoms with Gasteiger partial charge in [-0.05, 0) is 50.5 Å². The van der Waals surface area contributed by atoms with E-state index in [9.17, 15) is 0 Å². The van der Waals surface area contributed by atoms with Crippen molar-refractivity contribution < 1.29 is 4.74 Å². The van der Waals surface area contributed by atoms with Gasteiger partial charge in [0, 0.05) is 56.1 Å². The van der Waals surface area contributed by atoms with Gasteiger partial charge in [-0.3, -0.25) is 4.99 Å². The van der Waals surface area contributed by atoms with Crippen LogP contribution in [0.4, 0.5) is 5.69 Å². The molecular weight excluding hydrogens is 495 g/mol. The van der Waals surface area contributed by atoms with Gasteiger partial charge < -0.3 is 20.3 Å². The Morgan fingerprint density at radius 1 is 1.32 bits per heavy atom. The van der Waals surface area contributed by atoms with Gasteiger partial charge in [0.25, 0.3) is 0 Å². The summed E-state index contributed by atoms with van der Waals surface area (Å²) >= 11 is 3.49. The number of halogens is 2. The third-order valence-electron chi connectivity index (χ3n) is 4.16. The summed E-state index contributed by atoms with van der Waals surface area (Å²) in [5.74, 6) is 0.897. The predicted molar refractivity (Wildman–Crippen MR) is 120 cm³/mol. The molecular formula is C18H30BrIN4O. The van der Waals surface area contributed by atoms with Crippen LogP contribution >= 0.6 is 39.9 Å². The van der Waals surface area contributed by atoms with E-state index in [1.165, 1.54) is 5.69 Å². The summed E-state index contributed by atoms with van der Waals surface area (Å²) in [7, 11) is 1.83. The smallest absolute Gasteiger partial charge is 0.191 e. The number of hydrogen-bond donors (Lipinski definition) is 2. The number of ether oxygens (including phenoxy) is 1. The number of rotatable bonds is 8. The highest BCUT2D eigenvalue weighted by molar-refractivity contribution is 14.0. The third kappa shape index (κ3) is 8.13. The molecule has 2 rings (SSSR count). The van der Waals surface area contributed by atoms with Crippen LogP contribution in [0.15, 0.2) is 33.7 Å². The van der Waals surface area contributed by atoms with Crippen LogP contribution in [0.3, 0.4) is 0 Å². The van der Waals surface area contributed by atoms with Crippen LogP contribution in [-0.4, -0.2) is 51.9 Å². The molecule has 5 nitrogen and oxygen atoms in total. The molecule has 142 valence electrons. The average Bonchev–Trinajstić information content (AvgIpc) is 3.06. The van der Waals surface area contributed by atoms with Gasteiger partial charge in [0.1, 0.15) is 0 Å². The second-order valence-electron chi connectivity index (χ2n) is 5.96. The minimum atomic E-state index is 0. The van der Waals surface area contributed by atoms with Gasteiger partial charge in [-0.25, -0.2) is 0 Å². The van der Waals surface area contributed by atoms with E-state index in [1.807, 2.05) is 14.0 Å². The highest BCUT2D eigenvalue weighted by Crippen LogP contribution is 2.22. The maximum absolute atomic E-state index is 5.35. The van der Waals surface area contributed by atoms with Crippen molar-refractivity contribution in [1.29, 1.82) is 0 Å². The molecule has 7 heteroatoms. The summed E-state index contributed by atoms with van der Waals surface area (Å²) in [6, 6.07) is 8.95. The zero-order chi connectivity index (χ0) is 17.2. The molecule has 1 saturated heterocycles. The first kappa shape index (κ1) is 22.5.